The fraction of sp³-hybridized carbons (Fsp3) is 0.571. The van der Waals surface area contributed by atoms with Crippen LogP contribution in [0.25, 0.3) is 0 Å². The van der Waals surface area contributed by atoms with Crippen LogP contribution in [0.2, 0.25) is 0 Å². The molecule has 0 fully saturated rings. The Morgan fingerprint density at radius 3 is 2.00 bits per heavy atom. The summed E-state index contributed by atoms with van der Waals surface area (Å²) in [5.74, 6) is 1.69. The highest BCUT2D eigenvalue weighted by Gasteiger charge is 2.21. The first-order valence-corrected chi connectivity index (χ1v) is 5.91. The second-order valence-corrected chi connectivity index (χ2v) is 4.84. The van der Waals surface area contributed by atoms with E-state index < -0.39 is 0 Å². The highest BCUT2D eigenvalue weighted by molar-refractivity contribution is 5.41. The van der Waals surface area contributed by atoms with Crippen LogP contribution in [-0.2, 0) is 5.41 Å². The minimum atomic E-state index is 0.102. The van der Waals surface area contributed by atoms with Crippen LogP contribution in [0.5, 0.6) is 11.5 Å². The molecule has 96 valence electrons. The van der Waals surface area contributed by atoms with Crippen molar-refractivity contribution in [2.45, 2.75) is 25.7 Å². The zero-order valence-corrected chi connectivity index (χ0v) is 11.5. The maximum absolute atomic E-state index is 5.30. The normalized spacial score (nSPS) is 11.4. The van der Waals surface area contributed by atoms with Crippen molar-refractivity contribution in [3.8, 4) is 11.5 Å². The van der Waals surface area contributed by atoms with E-state index in [0.29, 0.717) is 0 Å². The molecule has 1 aromatic carbocycles. The van der Waals surface area contributed by atoms with Crippen molar-refractivity contribution in [3.63, 3.8) is 0 Å². The molecule has 3 nitrogen and oxygen atoms in total. The van der Waals surface area contributed by atoms with E-state index in [9.17, 15) is 0 Å². The third kappa shape index (κ3) is 3.63. The molecule has 0 saturated carbocycles. The van der Waals surface area contributed by atoms with Crippen molar-refractivity contribution in [1.82, 2.24) is 5.32 Å². The molecule has 0 saturated heterocycles. The summed E-state index contributed by atoms with van der Waals surface area (Å²) in [6.07, 6.45) is 1.07. The second-order valence-electron chi connectivity index (χ2n) is 4.84. The van der Waals surface area contributed by atoms with E-state index in [1.165, 1.54) is 5.56 Å². The van der Waals surface area contributed by atoms with Gasteiger partial charge in [-0.25, -0.2) is 0 Å². The van der Waals surface area contributed by atoms with Gasteiger partial charge in [-0.2, -0.15) is 0 Å². The van der Waals surface area contributed by atoms with E-state index in [1.54, 1.807) is 14.2 Å². The molecule has 0 amide bonds. The smallest absolute Gasteiger partial charge is 0.122 e. The Balaban J connectivity index is 3.02. The third-order valence-corrected chi connectivity index (χ3v) is 3.13. The first-order chi connectivity index (χ1) is 8.03. The predicted octanol–water partition coefficient (Wildman–Crippen LogP) is 2.59. The highest BCUT2D eigenvalue weighted by atomic mass is 16.5. The standard InChI is InChI=1S/C14H23NO2/c1-14(2,6-7-15-3)11-8-12(16-4)10-13(9-11)17-5/h8-10,15H,6-7H2,1-5H3. The fourth-order valence-corrected chi connectivity index (χ4v) is 1.78. The largest absolute Gasteiger partial charge is 0.497 e. The Morgan fingerprint density at radius 2 is 1.59 bits per heavy atom. The minimum absolute atomic E-state index is 0.102. The van der Waals surface area contributed by atoms with Gasteiger partial charge in [-0.1, -0.05) is 13.8 Å². The SMILES string of the molecule is CNCCC(C)(C)c1cc(OC)cc(OC)c1. The van der Waals surface area contributed by atoms with Gasteiger partial charge in [-0.05, 0) is 43.1 Å². The van der Waals surface area contributed by atoms with Gasteiger partial charge in [-0.15, -0.1) is 0 Å². The first-order valence-electron chi connectivity index (χ1n) is 5.91. The Bertz CT molecular complexity index is 339. The number of ether oxygens (including phenoxy) is 2. The van der Waals surface area contributed by atoms with Crippen molar-refractivity contribution in [2.75, 3.05) is 27.8 Å². The lowest BCUT2D eigenvalue weighted by Crippen LogP contribution is -2.23. The van der Waals surface area contributed by atoms with Gasteiger partial charge in [0.2, 0.25) is 0 Å². The third-order valence-electron chi connectivity index (χ3n) is 3.13. The van der Waals surface area contributed by atoms with E-state index in [1.807, 2.05) is 13.1 Å². The van der Waals surface area contributed by atoms with E-state index in [2.05, 4.69) is 31.3 Å². The van der Waals surface area contributed by atoms with Gasteiger partial charge in [0.25, 0.3) is 0 Å². The van der Waals surface area contributed by atoms with Gasteiger partial charge in [0.1, 0.15) is 11.5 Å². The van der Waals surface area contributed by atoms with Gasteiger partial charge in [0.15, 0.2) is 0 Å². The number of nitrogens with one attached hydrogen (secondary N) is 1. The molecule has 0 aliphatic carbocycles. The fourth-order valence-electron chi connectivity index (χ4n) is 1.78. The molecule has 1 rings (SSSR count). The summed E-state index contributed by atoms with van der Waals surface area (Å²) in [6, 6.07) is 6.06. The second kappa shape index (κ2) is 5.92. The number of benzene rings is 1. The van der Waals surface area contributed by atoms with Crippen LogP contribution in [0, 0.1) is 0 Å². The summed E-state index contributed by atoms with van der Waals surface area (Å²) in [4.78, 5) is 0. The summed E-state index contributed by atoms with van der Waals surface area (Å²) in [7, 11) is 5.33. The summed E-state index contributed by atoms with van der Waals surface area (Å²) in [5, 5.41) is 3.19. The Hall–Kier alpha value is -1.22. The summed E-state index contributed by atoms with van der Waals surface area (Å²) in [6.45, 7) is 5.46. The van der Waals surface area contributed by atoms with Crippen molar-refractivity contribution >= 4 is 0 Å². The zero-order valence-electron chi connectivity index (χ0n) is 11.5. The van der Waals surface area contributed by atoms with Crippen LogP contribution in [-0.4, -0.2) is 27.8 Å². The molecular weight excluding hydrogens is 214 g/mol. The van der Waals surface area contributed by atoms with Gasteiger partial charge in [0.05, 0.1) is 14.2 Å². The van der Waals surface area contributed by atoms with Gasteiger partial charge < -0.3 is 14.8 Å². The van der Waals surface area contributed by atoms with E-state index >= 15 is 0 Å². The van der Waals surface area contributed by atoms with Gasteiger partial charge in [0, 0.05) is 6.07 Å². The van der Waals surface area contributed by atoms with Crippen LogP contribution >= 0.6 is 0 Å². The first kappa shape index (κ1) is 13.8. The number of hydrogen-bond acceptors (Lipinski definition) is 3. The molecule has 0 aromatic heterocycles. The van der Waals surface area contributed by atoms with Crippen LogP contribution in [0.15, 0.2) is 18.2 Å². The van der Waals surface area contributed by atoms with E-state index in [-0.39, 0.29) is 5.41 Å². The topological polar surface area (TPSA) is 30.5 Å². The Labute approximate surface area is 104 Å². The monoisotopic (exact) mass is 237 g/mol. The zero-order chi connectivity index (χ0) is 12.9. The summed E-state index contributed by atoms with van der Waals surface area (Å²) >= 11 is 0. The quantitative estimate of drug-likeness (QED) is 0.825. The minimum Gasteiger partial charge on any atom is -0.497 e. The molecule has 3 heteroatoms. The van der Waals surface area contributed by atoms with Crippen LogP contribution in [0.4, 0.5) is 0 Å². The molecule has 0 aliphatic heterocycles. The maximum Gasteiger partial charge on any atom is 0.122 e. The molecule has 0 bridgehead atoms. The summed E-state index contributed by atoms with van der Waals surface area (Å²) < 4.78 is 10.6. The molecule has 0 atom stereocenters. The average molecular weight is 237 g/mol. The molecule has 1 aromatic rings. The molecular formula is C14H23NO2. The van der Waals surface area contributed by atoms with E-state index in [0.717, 1.165) is 24.5 Å². The average Bonchev–Trinajstić information content (AvgIpc) is 2.35. The predicted molar refractivity (Wildman–Crippen MR) is 71.1 cm³/mol. The molecule has 1 N–H and O–H groups in total. The van der Waals surface area contributed by atoms with Crippen LogP contribution < -0.4 is 14.8 Å². The molecule has 0 heterocycles. The van der Waals surface area contributed by atoms with Crippen molar-refractivity contribution in [3.05, 3.63) is 23.8 Å². The number of hydrogen-bond donors (Lipinski definition) is 1. The van der Waals surface area contributed by atoms with Crippen molar-refractivity contribution in [2.24, 2.45) is 0 Å². The van der Waals surface area contributed by atoms with Crippen LogP contribution in [0.1, 0.15) is 25.8 Å². The number of rotatable bonds is 6. The maximum atomic E-state index is 5.30. The molecule has 0 radical (unpaired) electrons. The summed E-state index contributed by atoms with van der Waals surface area (Å²) in [5.41, 5.74) is 1.34. The van der Waals surface area contributed by atoms with Crippen molar-refractivity contribution < 1.29 is 9.47 Å². The van der Waals surface area contributed by atoms with Crippen molar-refractivity contribution in [1.29, 1.82) is 0 Å². The molecule has 0 spiro atoms. The lowest BCUT2D eigenvalue weighted by molar-refractivity contribution is 0.387. The Morgan fingerprint density at radius 1 is 1.06 bits per heavy atom. The highest BCUT2D eigenvalue weighted by Crippen LogP contribution is 2.33. The van der Waals surface area contributed by atoms with Crippen LogP contribution in [0.3, 0.4) is 0 Å². The number of methoxy groups -OCH3 is 2. The lowest BCUT2D eigenvalue weighted by atomic mass is 9.81. The molecule has 0 unspecified atom stereocenters. The lowest BCUT2D eigenvalue weighted by Gasteiger charge is -2.26. The molecule has 0 aliphatic rings. The van der Waals surface area contributed by atoms with E-state index in [4.69, 9.17) is 9.47 Å². The van der Waals surface area contributed by atoms with Gasteiger partial charge in [-0.3, -0.25) is 0 Å². The van der Waals surface area contributed by atoms with Gasteiger partial charge >= 0.3 is 0 Å². The molecule has 17 heavy (non-hydrogen) atoms. The Kier molecular flexibility index (Phi) is 4.82.